The summed E-state index contributed by atoms with van der Waals surface area (Å²) in [5.74, 6) is -0.0426. The molecule has 0 saturated carbocycles. The molecular formula is C16H18BrN3O. The molecule has 2 aromatic rings. The van der Waals surface area contributed by atoms with Crippen molar-refractivity contribution in [3.8, 4) is 0 Å². The van der Waals surface area contributed by atoms with Gasteiger partial charge in [0.1, 0.15) is 0 Å². The third kappa shape index (κ3) is 3.76. The molecule has 2 aromatic carbocycles. The summed E-state index contributed by atoms with van der Waals surface area (Å²) in [7, 11) is 3.46. The summed E-state index contributed by atoms with van der Waals surface area (Å²) >= 11 is 3.51. The average Bonchev–Trinajstić information content (AvgIpc) is 2.47. The first-order valence-electron chi connectivity index (χ1n) is 6.57. The maximum absolute atomic E-state index is 12.0. The van der Waals surface area contributed by atoms with Crippen LogP contribution in [0.1, 0.15) is 15.9 Å². The number of halogens is 1. The number of carbonyl (C=O) groups excluding carboxylic acids is 1. The third-order valence-electron chi connectivity index (χ3n) is 3.13. The maximum Gasteiger partial charge on any atom is 0.253 e. The first-order valence-corrected chi connectivity index (χ1v) is 7.37. The van der Waals surface area contributed by atoms with Crippen LogP contribution in [0.25, 0.3) is 0 Å². The highest BCUT2D eigenvalue weighted by atomic mass is 79.9. The molecular weight excluding hydrogens is 330 g/mol. The molecule has 1 amide bonds. The molecule has 0 aliphatic rings. The summed E-state index contributed by atoms with van der Waals surface area (Å²) in [6, 6.07) is 13.2. The molecule has 0 radical (unpaired) electrons. The van der Waals surface area contributed by atoms with Gasteiger partial charge >= 0.3 is 0 Å². The Morgan fingerprint density at radius 2 is 1.95 bits per heavy atom. The zero-order chi connectivity index (χ0) is 15.4. The number of nitrogen functional groups attached to an aromatic ring is 1. The average molecular weight is 348 g/mol. The van der Waals surface area contributed by atoms with Crippen LogP contribution in [0.5, 0.6) is 0 Å². The van der Waals surface area contributed by atoms with E-state index in [9.17, 15) is 4.79 Å². The molecule has 0 atom stereocenters. The van der Waals surface area contributed by atoms with Gasteiger partial charge < -0.3 is 16.0 Å². The van der Waals surface area contributed by atoms with Gasteiger partial charge in [-0.3, -0.25) is 4.79 Å². The van der Waals surface area contributed by atoms with Gasteiger partial charge in [0.2, 0.25) is 0 Å². The number of anilines is 2. The molecule has 2 rings (SSSR count). The van der Waals surface area contributed by atoms with Crippen molar-refractivity contribution in [2.75, 3.05) is 25.1 Å². The Hall–Kier alpha value is -2.01. The van der Waals surface area contributed by atoms with Crippen molar-refractivity contribution in [2.45, 2.75) is 6.54 Å². The largest absolute Gasteiger partial charge is 0.397 e. The van der Waals surface area contributed by atoms with Crippen molar-refractivity contribution in [2.24, 2.45) is 0 Å². The molecule has 5 heteroatoms. The van der Waals surface area contributed by atoms with Crippen LogP contribution < -0.4 is 11.1 Å². The summed E-state index contributed by atoms with van der Waals surface area (Å²) in [5, 5.41) is 3.28. The van der Waals surface area contributed by atoms with Gasteiger partial charge in [-0.1, -0.05) is 34.1 Å². The minimum atomic E-state index is -0.0426. The van der Waals surface area contributed by atoms with Crippen LogP contribution in [0.4, 0.5) is 11.4 Å². The molecule has 0 aromatic heterocycles. The van der Waals surface area contributed by atoms with E-state index in [1.165, 1.54) is 0 Å². The third-order valence-corrected chi connectivity index (χ3v) is 3.91. The van der Waals surface area contributed by atoms with Gasteiger partial charge in [0.05, 0.1) is 11.4 Å². The Balaban J connectivity index is 2.18. The van der Waals surface area contributed by atoms with Crippen molar-refractivity contribution < 1.29 is 4.79 Å². The van der Waals surface area contributed by atoms with E-state index >= 15 is 0 Å². The second-order valence-electron chi connectivity index (χ2n) is 4.95. The SMILES string of the molecule is CN(C)C(=O)c1ccc(N)c(NCc2ccccc2Br)c1. The summed E-state index contributed by atoms with van der Waals surface area (Å²) in [6.07, 6.45) is 0. The molecule has 0 saturated heterocycles. The number of hydrogen-bond acceptors (Lipinski definition) is 3. The van der Waals surface area contributed by atoms with Crippen LogP contribution in [0.2, 0.25) is 0 Å². The van der Waals surface area contributed by atoms with E-state index in [1.807, 2.05) is 24.3 Å². The van der Waals surface area contributed by atoms with Crippen LogP contribution in [-0.4, -0.2) is 24.9 Å². The second-order valence-corrected chi connectivity index (χ2v) is 5.80. The topological polar surface area (TPSA) is 58.4 Å². The lowest BCUT2D eigenvalue weighted by molar-refractivity contribution is 0.0827. The van der Waals surface area contributed by atoms with Gasteiger partial charge in [-0.05, 0) is 29.8 Å². The van der Waals surface area contributed by atoms with E-state index in [0.717, 1.165) is 15.7 Å². The first-order chi connectivity index (χ1) is 9.99. The molecule has 3 N–H and O–H groups in total. The Bertz CT molecular complexity index is 656. The summed E-state index contributed by atoms with van der Waals surface area (Å²) in [6.45, 7) is 0.630. The highest BCUT2D eigenvalue weighted by Gasteiger charge is 2.10. The monoisotopic (exact) mass is 347 g/mol. The van der Waals surface area contributed by atoms with E-state index in [2.05, 4.69) is 21.2 Å². The Morgan fingerprint density at radius 3 is 2.62 bits per heavy atom. The standard InChI is InChI=1S/C16H18BrN3O/c1-20(2)16(21)11-7-8-14(18)15(9-11)19-10-12-5-3-4-6-13(12)17/h3-9,19H,10,18H2,1-2H3. The van der Waals surface area contributed by atoms with Gasteiger partial charge in [0.25, 0.3) is 5.91 Å². The smallest absolute Gasteiger partial charge is 0.253 e. The molecule has 4 nitrogen and oxygen atoms in total. The number of nitrogens with one attached hydrogen (secondary N) is 1. The van der Waals surface area contributed by atoms with Gasteiger partial charge in [-0.25, -0.2) is 0 Å². The zero-order valence-electron chi connectivity index (χ0n) is 12.1. The van der Waals surface area contributed by atoms with E-state index in [0.29, 0.717) is 17.8 Å². The number of rotatable bonds is 4. The van der Waals surface area contributed by atoms with Crippen LogP contribution in [0.3, 0.4) is 0 Å². The van der Waals surface area contributed by atoms with Crippen molar-refractivity contribution in [1.29, 1.82) is 0 Å². The van der Waals surface area contributed by atoms with Crippen LogP contribution in [0.15, 0.2) is 46.9 Å². The van der Waals surface area contributed by atoms with Crippen molar-refractivity contribution >= 4 is 33.2 Å². The van der Waals surface area contributed by atoms with E-state index in [1.54, 1.807) is 37.2 Å². The summed E-state index contributed by atoms with van der Waals surface area (Å²) in [4.78, 5) is 13.5. The Morgan fingerprint density at radius 1 is 1.24 bits per heavy atom. The van der Waals surface area contributed by atoms with Crippen LogP contribution in [-0.2, 0) is 6.54 Å². The fraction of sp³-hybridized carbons (Fsp3) is 0.188. The van der Waals surface area contributed by atoms with E-state index in [4.69, 9.17) is 5.73 Å². The second kappa shape index (κ2) is 6.63. The highest BCUT2D eigenvalue weighted by molar-refractivity contribution is 9.10. The molecule has 0 spiro atoms. The fourth-order valence-corrected chi connectivity index (χ4v) is 2.36. The predicted molar refractivity (Wildman–Crippen MR) is 90.3 cm³/mol. The van der Waals surface area contributed by atoms with Crippen LogP contribution >= 0.6 is 15.9 Å². The lowest BCUT2D eigenvalue weighted by Crippen LogP contribution is -2.21. The van der Waals surface area contributed by atoms with Crippen molar-refractivity contribution in [3.05, 3.63) is 58.1 Å². The molecule has 0 unspecified atom stereocenters. The van der Waals surface area contributed by atoms with Gasteiger partial charge in [-0.2, -0.15) is 0 Å². The normalized spacial score (nSPS) is 10.2. The number of amides is 1. The van der Waals surface area contributed by atoms with Gasteiger partial charge in [0.15, 0.2) is 0 Å². The van der Waals surface area contributed by atoms with Crippen molar-refractivity contribution in [3.63, 3.8) is 0 Å². The molecule has 21 heavy (non-hydrogen) atoms. The van der Waals surface area contributed by atoms with Crippen molar-refractivity contribution in [1.82, 2.24) is 4.90 Å². The Labute approximate surface area is 133 Å². The number of benzene rings is 2. The Kier molecular flexibility index (Phi) is 4.85. The molecule has 0 heterocycles. The zero-order valence-corrected chi connectivity index (χ0v) is 13.6. The first kappa shape index (κ1) is 15.4. The minimum Gasteiger partial charge on any atom is -0.397 e. The molecule has 0 bridgehead atoms. The summed E-state index contributed by atoms with van der Waals surface area (Å²) < 4.78 is 1.04. The lowest BCUT2D eigenvalue weighted by atomic mass is 10.1. The highest BCUT2D eigenvalue weighted by Crippen LogP contribution is 2.23. The molecule has 110 valence electrons. The number of nitrogens with two attached hydrogens (primary N) is 1. The lowest BCUT2D eigenvalue weighted by Gasteiger charge is -2.14. The maximum atomic E-state index is 12.0. The number of hydrogen-bond donors (Lipinski definition) is 2. The molecule has 0 aliphatic heterocycles. The number of carbonyl (C=O) groups is 1. The molecule has 0 fully saturated rings. The summed E-state index contributed by atoms with van der Waals surface area (Å²) in [5.41, 5.74) is 9.09. The van der Waals surface area contributed by atoms with Gasteiger partial charge in [-0.15, -0.1) is 0 Å². The molecule has 0 aliphatic carbocycles. The van der Waals surface area contributed by atoms with E-state index in [-0.39, 0.29) is 5.91 Å². The van der Waals surface area contributed by atoms with E-state index < -0.39 is 0 Å². The fourth-order valence-electron chi connectivity index (χ4n) is 1.93. The van der Waals surface area contributed by atoms with Crippen LogP contribution in [0, 0.1) is 0 Å². The minimum absolute atomic E-state index is 0.0426. The van der Waals surface area contributed by atoms with Gasteiger partial charge in [0, 0.05) is 30.7 Å². The number of nitrogens with zero attached hydrogens (tertiary/aromatic N) is 1. The predicted octanol–water partition coefficient (Wildman–Crippen LogP) is 3.35. The quantitative estimate of drug-likeness (QED) is 0.833.